The average molecular weight is 217 g/mol. The van der Waals surface area contributed by atoms with Gasteiger partial charge in [-0.25, -0.2) is 0 Å². The van der Waals surface area contributed by atoms with Crippen LogP contribution in [0.3, 0.4) is 0 Å². The van der Waals surface area contributed by atoms with E-state index in [1.54, 1.807) is 27.7 Å². The highest BCUT2D eigenvalue weighted by Gasteiger charge is 2.42. The Kier molecular flexibility index (Phi) is 4.28. The number of rotatable bonds is 6. The summed E-state index contributed by atoms with van der Waals surface area (Å²) in [6.07, 6.45) is 1.85. The molecule has 0 aromatic heterocycles. The monoisotopic (exact) mass is 217 g/mol. The van der Waals surface area contributed by atoms with E-state index in [4.69, 9.17) is 0 Å². The van der Waals surface area contributed by atoms with Crippen LogP contribution in [-0.2, 0) is 14.4 Å². The Bertz CT molecular complexity index is 200. The van der Waals surface area contributed by atoms with Crippen LogP contribution >= 0.6 is 0 Å². The number of nitrogens with zero attached hydrogens (tertiary/aromatic N) is 3. The fourth-order valence-corrected chi connectivity index (χ4v) is 3.14. The Balaban J connectivity index is 5.11. The summed E-state index contributed by atoms with van der Waals surface area (Å²) in [5, 5.41) is 0. The quantitative estimate of drug-likeness (QED) is 0.415. The van der Waals surface area contributed by atoms with Crippen molar-refractivity contribution in [1.29, 1.82) is 0 Å². The van der Waals surface area contributed by atoms with Crippen molar-refractivity contribution in [2.75, 3.05) is 21.1 Å². The van der Waals surface area contributed by atoms with Crippen LogP contribution in [0, 0.1) is 0 Å². The van der Waals surface area contributed by atoms with Gasteiger partial charge < -0.3 is 13.7 Å². The van der Waals surface area contributed by atoms with Crippen LogP contribution in [0.2, 0.25) is 6.55 Å². The second kappa shape index (κ2) is 4.75. The Morgan fingerprint density at radius 2 is 1.00 bits per heavy atom. The molecule has 0 bridgehead atoms. The lowest BCUT2D eigenvalue weighted by Gasteiger charge is -2.42. The van der Waals surface area contributed by atoms with Crippen molar-refractivity contribution in [3.8, 4) is 0 Å². The molecule has 0 saturated heterocycles. The van der Waals surface area contributed by atoms with Crippen LogP contribution in [0.5, 0.6) is 0 Å². The lowest BCUT2D eigenvalue weighted by molar-refractivity contribution is -0.118. The van der Waals surface area contributed by atoms with Gasteiger partial charge in [0.05, 0.1) is 0 Å². The molecule has 7 heteroatoms. The molecule has 0 aromatic rings. The Labute approximate surface area is 84.3 Å². The molecular formula is C7H15N3O3Si. The highest BCUT2D eigenvalue weighted by atomic mass is 28.4. The minimum absolute atomic E-state index is 0.617. The predicted molar refractivity (Wildman–Crippen MR) is 53.1 cm³/mol. The highest BCUT2D eigenvalue weighted by Crippen LogP contribution is 2.11. The maximum Gasteiger partial charge on any atom is 0.382 e. The van der Waals surface area contributed by atoms with E-state index < -0.39 is 8.56 Å². The van der Waals surface area contributed by atoms with E-state index in [2.05, 4.69) is 0 Å². The third-order valence-electron chi connectivity index (χ3n) is 2.48. The maximum atomic E-state index is 10.7. The largest absolute Gasteiger partial charge is 0.382 e. The topological polar surface area (TPSA) is 60.9 Å². The van der Waals surface area contributed by atoms with E-state index in [-0.39, 0.29) is 0 Å². The lowest BCUT2D eigenvalue weighted by atomic mass is 11.2. The second-order valence-electron chi connectivity index (χ2n) is 3.12. The Hall–Kier alpha value is -1.37. The molecule has 0 aromatic carbocycles. The second-order valence-corrected chi connectivity index (χ2v) is 7.18. The first kappa shape index (κ1) is 12.6. The number of carbonyl (C=O) groups excluding carboxylic acids is 3. The molecule has 0 fully saturated rings. The van der Waals surface area contributed by atoms with Crippen LogP contribution in [0.1, 0.15) is 0 Å². The first-order valence-electron chi connectivity index (χ1n) is 3.99. The molecule has 0 spiro atoms. The third-order valence-corrected chi connectivity index (χ3v) is 6.80. The van der Waals surface area contributed by atoms with E-state index in [0.717, 1.165) is 0 Å². The zero-order chi connectivity index (χ0) is 11.4. The molecule has 0 atom stereocenters. The first-order valence-corrected chi connectivity index (χ1v) is 6.34. The van der Waals surface area contributed by atoms with Crippen LogP contribution in [-0.4, -0.2) is 62.6 Å². The number of amides is 3. The van der Waals surface area contributed by atoms with Crippen molar-refractivity contribution in [2.24, 2.45) is 0 Å². The van der Waals surface area contributed by atoms with E-state index in [1.807, 2.05) is 0 Å². The SMILES string of the molecule is CN(C=O)[Si](C)(N(C)C=O)N(C)C=O. The maximum absolute atomic E-state index is 10.7. The predicted octanol–water partition coefficient (Wildman–Crippen LogP) is -1.18. The molecule has 6 nitrogen and oxygen atoms in total. The fourth-order valence-electron chi connectivity index (χ4n) is 1.05. The summed E-state index contributed by atoms with van der Waals surface area (Å²) in [6.45, 7) is 1.73. The molecule has 0 unspecified atom stereocenters. The van der Waals surface area contributed by atoms with Gasteiger partial charge in [-0.3, -0.25) is 14.4 Å². The van der Waals surface area contributed by atoms with Gasteiger partial charge in [0.1, 0.15) is 0 Å². The van der Waals surface area contributed by atoms with Gasteiger partial charge in [-0.1, -0.05) is 0 Å². The molecule has 0 N–H and O–H groups in total. The molecule has 0 aliphatic heterocycles. The molecular weight excluding hydrogens is 202 g/mol. The summed E-state index contributed by atoms with van der Waals surface area (Å²) in [5.41, 5.74) is 0. The summed E-state index contributed by atoms with van der Waals surface area (Å²) in [6, 6.07) is 0. The lowest BCUT2D eigenvalue weighted by Crippen LogP contribution is -2.69. The third kappa shape index (κ3) is 1.92. The standard InChI is InChI=1S/C7H15N3O3Si/c1-8(5-11)14(4,9(2)6-12)10(3)7-13/h5-7H,1-4H3. The molecule has 0 saturated carbocycles. The van der Waals surface area contributed by atoms with E-state index in [0.29, 0.717) is 19.2 Å². The highest BCUT2D eigenvalue weighted by molar-refractivity contribution is 6.74. The van der Waals surface area contributed by atoms with Gasteiger partial charge in [-0.15, -0.1) is 0 Å². The minimum Gasteiger partial charge on any atom is -0.340 e. The van der Waals surface area contributed by atoms with Crippen molar-refractivity contribution in [2.45, 2.75) is 6.55 Å². The first-order chi connectivity index (χ1) is 6.44. The van der Waals surface area contributed by atoms with Crippen molar-refractivity contribution in [1.82, 2.24) is 13.7 Å². The zero-order valence-corrected chi connectivity index (χ0v) is 9.80. The van der Waals surface area contributed by atoms with Crippen LogP contribution < -0.4 is 0 Å². The van der Waals surface area contributed by atoms with Crippen molar-refractivity contribution in [3.63, 3.8) is 0 Å². The van der Waals surface area contributed by atoms with E-state index in [1.165, 1.54) is 13.7 Å². The Morgan fingerprint density at radius 3 is 1.14 bits per heavy atom. The normalized spacial score (nSPS) is 10.3. The number of hydrogen-bond donors (Lipinski definition) is 0. The van der Waals surface area contributed by atoms with Crippen molar-refractivity contribution >= 4 is 27.8 Å². The summed E-state index contributed by atoms with van der Waals surface area (Å²) < 4.78 is 4.11. The Morgan fingerprint density at radius 1 is 0.786 bits per heavy atom. The van der Waals surface area contributed by atoms with E-state index in [9.17, 15) is 14.4 Å². The van der Waals surface area contributed by atoms with Gasteiger partial charge in [-0.2, -0.15) is 0 Å². The molecule has 0 radical (unpaired) electrons. The smallest absolute Gasteiger partial charge is 0.340 e. The van der Waals surface area contributed by atoms with Gasteiger partial charge >= 0.3 is 8.56 Å². The molecule has 80 valence electrons. The van der Waals surface area contributed by atoms with Crippen LogP contribution in [0.25, 0.3) is 0 Å². The molecule has 0 rings (SSSR count). The van der Waals surface area contributed by atoms with Gasteiger partial charge in [0.2, 0.25) is 19.2 Å². The summed E-state index contributed by atoms with van der Waals surface area (Å²) in [7, 11) is 2.00. The van der Waals surface area contributed by atoms with E-state index >= 15 is 0 Å². The molecule has 0 aliphatic carbocycles. The van der Waals surface area contributed by atoms with Crippen LogP contribution in [0.4, 0.5) is 0 Å². The summed E-state index contributed by atoms with van der Waals surface area (Å²) in [5.74, 6) is 0. The molecule has 3 amide bonds. The van der Waals surface area contributed by atoms with Gasteiger partial charge in [-0.05, 0) is 6.55 Å². The number of carbonyl (C=O) groups is 3. The average Bonchev–Trinajstić information content (AvgIpc) is 2.24. The molecule has 14 heavy (non-hydrogen) atoms. The zero-order valence-electron chi connectivity index (χ0n) is 8.80. The minimum atomic E-state index is -2.66. The van der Waals surface area contributed by atoms with Crippen molar-refractivity contribution in [3.05, 3.63) is 0 Å². The number of hydrogen-bond acceptors (Lipinski definition) is 3. The molecule has 0 aliphatic rings. The van der Waals surface area contributed by atoms with Crippen LogP contribution in [0.15, 0.2) is 0 Å². The molecule has 0 heterocycles. The van der Waals surface area contributed by atoms with Crippen molar-refractivity contribution < 1.29 is 14.4 Å². The summed E-state index contributed by atoms with van der Waals surface area (Å²) in [4.78, 5) is 32.0. The van der Waals surface area contributed by atoms with Gasteiger partial charge in [0.15, 0.2) is 0 Å². The summed E-state index contributed by atoms with van der Waals surface area (Å²) >= 11 is 0. The fraction of sp³-hybridized carbons (Fsp3) is 0.571. The van der Waals surface area contributed by atoms with Gasteiger partial charge in [0, 0.05) is 21.1 Å². The van der Waals surface area contributed by atoms with Gasteiger partial charge in [0.25, 0.3) is 0 Å².